The first kappa shape index (κ1) is 29.7. The fraction of sp³-hybridized carbons (Fsp3) is 0.419. The smallest absolute Gasteiger partial charge is 0.262 e. The van der Waals surface area contributed by atoms with E-state index < -0.39 is 30.3 Å². The number of fused-ring (bicyclic) bond motifs is 1. The van der Waals surface area contributed by atoms with Gasteiger partial charge in [0.15, 0.2) is 0 Å². The lowest BCUT2D eigenvalue weighted by molar-refractivity contribution is -0.185. The Morgan fingerprint density at radius 2 is 1.83 bits per heavy atom. The highest BCUT2D eigenvalue weighted by molar-refractivity contribution is 6.01. The minimum atomic E-state index is -1.37. The summed E-state index contributed by atoms with van der Waals surface area (Å²) in [7, 11) is 1.87. The van der Waals surface area contributed by atoms with Crippen molar-refractivity contribution in [2.24, 2.45) is 7.05 Å². The Balaban J connectivity index is 1.23. The number of aromatic nitrogens is 1. The molecule has 0 radical (unpaired) electrons. The lowest BCUT2D eigenvalue weighted by Crippen LogP contribution is -2.56. The average Bonchev–Trinajstić information content (AvgIpc) is 3.37. The number of carbonyl (C=O) groups excluding carboxylic acids is 1. The third-order valence-corrected chi connectivity index (χ3v) is 7.88. The molecule has 5 rings (SSSR count). The van der Waals surface area contributed by atoms with E-state index in [0.717, 1.165) is 67.1 Å². The highest BCUT2D eigenvalue weighted by atomic mass is 16.5. The molecule has 0 aliphatic carbocycles. The zero-order chi connectivity index (χ0) is 29.6. The van der Waals surface area contributed by atoms with Gasteiger partial charge in [-0.05, 0) is 52.7 Å². The molecule has 42 heavy (non-hydrogen) atoms. The fourth-order valence-electron chi connectivity index (χ4n) is 5.29. The number of ether oxygens (including phenoxy) is 2. The molecule has 3 heterocycles. The Morgan fingerprint density at radius 1 is 1.07 bits per heavy atom. The molecule has 2 aliphatic rings. The van der Waals surface area contributed by atoms with E-state index in [2.05, 4.69) is 51.9 Å². The summed E-state index contributed by atoms with van der Waals surface area (Å²) in [5.74, 6) is -0.628. The largest absolute Gasteiger partial charge is 0.388 e. The lowest BCUT2D eigenvalue weighted by Gasteiger charge is -2.35. The van der Waals surface area contributed by atoms with Gasteiger partial charge in [0.2, 0.25) is 0 Å². The molecular formula is C31H37N5O6. The molecule has 2 saturated heterocycles. The minimum absolute atomic E-state index is 0.110. The maximum atomic E-state index is 12.7. The quantitative estimate of drug-likeness (QED) is 0.187. The third kappa shape index (κ3) is 6.82. The molecule has 0 spiro atoms. The summed E-state index contributed by atoms with van der Waals surface area (Å²) in [6, 6.07) is 18.3. The Labute approximate surface area is 244 Å². The van der Waals surface area contributed by atoms with E-state index in [0.29, 0.717) is 5.69 Å². The zero-order valence-corrected chi connectivity index (χ0v) is 23.6. The number of nitrogens with zero attached hydrogens (tertiary/aromatic N) is 3. The van der Waals surface area contributed by atoms with Crippen molar-refractivity contribution in [3.63, 3.8) is 0 Å². The van der Waals surface area contributed by atoms with Crippen LogP contribution in [0, 0.1) is 11.3 Å². The van der Waals surface area contributed by atoms with Gasteiger partial charge < -0.3 is 40.0 Å². The van der Waals surface area contributed by atoms with Crippen molar-refractivity contribution in [1.82, 2.24) is 14.8 Å². The number of rotatable bonds is 9. The molecule has 4 atom stereocenters. The Morgan fingerprint density at radius 3 is 2.62 bits per heavy atom. The summed E-state index contributed by atoms with van der Waals surface area (Å²) >= 11 is 0. The van der Waals surface area contributed by atoms with Gasteiger partial charge in [0.05, 0.1) is 19.8 Å². The highest BCUT2D eigenvalue weighted by Gasteiger charge is 2.37. The monoisotopic (exact) mass is 575 g/mol. The van der Waals surface area contributed by atoms with Crippen LogP contribution < -0.4 is 10.6 Å². The summed E-state index contributed by atoms with van der Waals surface area (Å²) in [4.78, 5) is 15.1. The van der Waals surface area contributed by atoms with Crippen molar-refractivity contribution < 1.29 is 29.6 Å². The van der Waals surface area contributed by atoms with Crippen LogP contribution in [0.15, 0.2) is 54.1 Å². The number of nitrogens with one attached hydrogen (secondary N) is 2. The molecule has 2 fully saturated rings. The summed E-state index contributed by atoms with van der Waals surface area (Å²) in [5.41, 5.74) is 3.57. The number of morpholine rings is 1. The van der Waals surface area contributed by atoms with Crippen molar-refractivity contribution >= 4 is 28.4 Å². The van der Waals surface area contributed by atoms with Gasteiger partial charge in [-0.1, -0.05) is 18.2 Å². The van der Waals surface area contributed by atoms with Crippen LogP contribution in [0.3, 0.4) is 0 Å². The normalized spacial score (nSPS) is 23.5. The molecule has 11 nitrogen and oxygen atoms in total. The van der Waals surface area contributed by atoms with Gasteiger partial charge >= 0.3 is 0 Å². The molecule has 1 amide bonds. The second kappa shape index (κ2) is 13.5. The predicted octanol–water partition coefficient (Wildman–Crippen LogP) is 1.09. The maximum absolute atomic E-state index is 12.7. The standard InChI is InChI=1S/C31H37N5O6/c1-35-25(16-23(17-32)31(40)34-18-28-30(39)29(38)27(37)19-42-28)6-7-26(35)22-3-2-21-15-24(5-4-20(21)14-22)33-8-9-36-10-12-41-13-11-36/h2-7,14-16,27-30,33,37-39H,8-13,18-19H2,1H3,(H,34,40)/b23-16+/t27-,28+,29+,30+/m0/s1. The van der Waals surface area contributed by atoms with Crippen LogP contribution in [0.25, 0.3) is 28.1 Å². The number of hydrogen-bond donors (Lipinski definition) is 5. The highest BCUT2D eigenvalue weighted by Crippen LogP contribution is 2.28. The first-order valence-electron chi connectivity index (χ1n) is 14.1. The fourth-order valence-corrected chi connectivity index (χ4v) is 5.29. The number of hydrogen-bond acceptors (Lipinski definition) is 9. The number of anilines is 1. The van der Waals surface area contributed by atoms with E-state index in [1.165, 1.54) is 6.08 Å². The number of benzene rings is 2. The van der Waals surface area contributed by atoms with Crippen LogP contribution in [-0.4, -0.2) is 108 Å². The van der Waals surface area contributed by atoms with Crippen LogP contribution in [0.1, 0.15) is 5.69 Å². The molecular weight excluding hydrogens is 538 g/mol. The maximum Gasteiger partial charge on any atom is 0.262 e. The van der Waals surface area contributed by atoms with Gasteiger partial charge in [-0.15, -0.1) is 0 Å². The molecule has 2 aliphatic heterocycles. The average molecular weight is 576 g/mol. The van der Waals surface area contributed by atoms with Gasteiger partial charge in [-0.2, -0.15) is 5.26 Å². The van der Waals surface area contributed by atoms with Gasteiger partial charge in [0.1, 0.15) is 36.1 Å². The van der Waals surface area contributed by atoms with E-state index in [1.807, 2.05) is 29.8 Å². The molecule has 0 unspecified atom stereocenters. The summed E-state index contributed by atoms with van der Waals surface area (Å²) in [5, 5.41) is 47.5. The van der Waals surface area contributed by atoms with Crippen LogP contribution in [-0.2, 0) is 21.3 Å². The second-order valence-corrected chi connectivity index (χ2v) is 10.7. The van der Waals surface area contributed by atoms with Crippen molar-refractivity contribution in [2.45, 2.75) is 24.4 Å². The van der Waals surface area contributed by atoms with E-state index in [9.17, 15) is 25.4 Å². The summed E-state index contributed by atoms with van der Waals surface area (Å²) in [6.45, 7) is 5.12. The predicted molar refractivity (Wildman–Crippen MR) is 158 cm³/mol. The topological polar surface area (TPSA) is 152 Å². The number of carbonyl (C=O) groups is 1. The molecule has 2 aromatic carbocycles. The molecule has 222 valence electrons. The van der Waals surface area contributed by atoms with E-state index in [1.54, 1.807) is 0 Å². The molecule has 0 bridgehead atoms. The van der Waals surface area contributed by atoms with Crippen molar-refractivity contribution in [3.05, 3.63) is 59.8 Å². The van der Waals surface area contributed by atoms with Crippen molar-refractivity contribution in [1.29, 1.82) is 5.26 Å². The van der Waals surface area contributed by atoms with E-state index >= 15 is 0 Å². The lowest BCUT2D eigenvalue weighted by atomic mass is 10.00. The SMILES string of the molecule is Cn1c(/C=C(\C#N)C(=O)NC[C@H]2OC[C@H](O)[C@@H](O)[C@@H]2O)ccc1-c1ccc2cc(NCCN3CCOCC3)ccc2c1. The van der Waals surface area contributed by atoms with Crippen LogP contribution in [0.5, 0.6) is 0 Å². The van der Waals surface area contributed by atoms with Crippen molar-refractivity contribution in [3.8, 4) is 17.3 Å². The second-order valence-electron chi connectivity index (χ2n) is 10.7. The molecule has 11 heteroatoms. The Hall–Kier alpha value is -3.76. The molecule has 0 saturated carbocycles. The number of nitriles is 1. The number of aliphatic hydroxyl groups is 3. The van der Waals surface area contributed by atoms with Crippen LogP contribution in [0.2, 0.25) is 0 Å². The van der Waals surface area contributed by atoms with Gasteiger partial charge in [0.25, 0.3) is 5.91 Å². The summed E-state index contributed by atoms with van der Waals surface area (Å²) in [6.07, 6.45) is -3.31. The van der Waals surface area contributed by atoms with Gasteiger partial charge in [-0.25, -0.2) is 0 Å². The molecule has 5 N–H and O–H groups in total. The van der Waals surface area contributed by atoms with Gasteiger partial charge in [-0.3, -0.25) is 9.69 Å². The Kier molecular flexibility index (Phi) is 9.54. The van der Waals surface area contributed by atoms with Gasteiger partial charge in [0, 0.05) is 56.8 Å². The number of amides is 1. The van der Waals surface area contributed by atoms with Crippen LogP contribution >= 0.6 is 0 Å². The third-order valence-electron chi connectivity index (χ3n) is 7.88. The molecule has 1 aromatic heterocycles. The minimum Gasteiger partial charge on any atom is -0.388 e. The van der Waals surface area contributed by atoms with Crippen molar-refractivity contribution in [2.75, 3.05) is 57.9 Å². The zero-order valence-electron chi connectivity index (χ0n) is 23.6. The Bertz CT molecular complexity index is 1470. The number of aliphatic hydroxyl groups excluding tert-OH is 3. The van der Waals surface area contributed by atoms with E-state index in [-0.39, 0.29) is 18.7 Å². The molecule has 3 aromatic rings. The van der Waals surface area contributed by atoms with E-state index in [4.69, 9.17) is 9.47 Å². The summed E-state index contributed by atoms with van der Waals surface area (Å²) < 4.78 is 12.6. The first-order chi connectivity index (χ1) is 20.3. The van der Waals surface area contributed by atoms with Crippen LogP contribution in [0.4, 0.5) is 5.69 Å². The first-order valence-corrected chi connectivity index (χ1v) is 14.1.